The maximum Gasteiger partial charge on any atom is 0.138 e. The molecule has 0 radical (unpaired) electrons. The van der Waals surface area contributed by atoms with Gasteiger partial charge in [0.1, 0.15) is 11.9 Å². The smallest absolute Gasteiger partial charge is 0.138 e. The van der Waals surface area contributed by atoms with E-state index in [0.717, 1.165) is 42.3 Å². The molecule has 1 nitrogen and oxygen atoms in total. The summed E-state index contributed by atoms with van der Waals surface area (Å²) in [6.45, 7) is 0. The zero-order chi connectivity index (χ0) is 18.9. The van der Waals surface area contributed by atoms with Gasteiger partial charge in [-0.25, -0.2) is 0 Å². The lowest BCUT2D eigenvalue weighted by molar-refractivity contribution is 0.0507. The second kappa shape index (κ2) is 6.24. The van der Waals surface area contributed by atoms with Crippen molar-refractivity contribution in [3.05, 3.63) is 92.8 Å². The van der Waals surface area contributed by atoms with Crippen LogP contribution in [0.3, 0.4) is 0 Å². The van der Waals surface area contributed by atoms with E-state index in [4.69, 9.17) is 16.3 Å². The Morgan fingerprint density at radius 2 is 2.00 bits per heavy atom. The van der Waals surface area contributed by atoms with Crippen LogP contribution < -0.4 is 0 Å². The number of hydrogen-bond donors (Lipinski definition) is 0. The van der Waals surface area contributed by atoms with E-state index in [9.17, 15) is 0 Å². The van der Waals surface area contributed by atoms with Gasteiger partial charge in [0.25, 0.3) is 0 Å². The van der Waals surface area contributed by atoms with E-state index in [-0.39, 0.29) is 22.8 Å². The molecule has 3 heteroatoms. The molecule has 142 valence electrons. The van der Waals surface area contributed by atoms with E-state index in [1.807, 2.05) is 0 Å². The Balaban J connectivity index is 1.70. The van der Waals surface area contributed by atoms with E-state index < -0.39 is 0 Å². The van der Waals surface area contributed by atoms with E-state index in [2.05, 4.69) is 70.6 Å². The minimum Gasteiger partial charge on any atom is -0.485 e. The van der Waals surface area contributed by atoms with Crippen LogP contribution >= 0.6 is 27.5 Å². The van der Waals surface area contributed by atoms with Gasteiger partial charge in [-0.3, -0.25) is 0 Å². The van der Waals surface area contributed by atoms with Gasteiger partial charge in [-0.15, -0.1) is 11.6 Å². The quantitative estimate of drug-likeness (QED) is 0.360. The number of hydrogen-bond acceptors (Lipinski definition) is 1. The summed E-state index contributed by atoms with van der Waals surface area (Å²) >= 11 is 10.8. The van der Waals surface area contributed by atoms with Crippen molar-refractivity contribution >= 4 is 27.5 Å². The molecule has 1 spiro atoms. The second-order valence-electron chi connectivity index (χ2n) is 8.34. The molecule has 0 amide bonds. The summed E-state index contributed by atoms with van der Waals surface area (Å²) in [5.41, 5.74) is 6.95. The zero-order valence-corrected chi connectivity index (χ0v) is 18.0. The van der Waals surface area contributed by atoms with Crippen LogP contribution in [0.2, 0.25) is 0 Å². The average molecular weight is 454 g/mol. The molecule has 4 unspecified atom stereocenters. The van der Waals surface area contributed by atoms with Gasteiger partial charge in [0.05, 0.1) is 10.8 Å². The van der Waals surface area contributed by atoms with Crippen LogP contribution in [0.1, 0.15) is 32.1 Å². The Hall–Kier alpha value is -1.51. The summed E-state index contributed by atoms with van der Waals surface area (Å²) < 4.78 is 7.72. The van der Waals surface area contributed by atoms with E-state index in [1.165, 1.54) is 22.3 Å². The number of fused-ring (bicyclic) bond motifs is 7. The summed E-state index contributed by atoms with van der Waals surface area (Å²) in [5.74, 6) is 1.32. The van der Waals surface area contributed by atoms with Crippen LogP contribution in [0.5, 0.6) is 0 Å². The van der Waals surface area contributed by atoms with Crippen molar-refractivity contribution in [3.63, 3.8) is 0 Å². The van der Waals surface area contributed by atoms with Gasteiger partial charge in [0.2, 0.25) is 0 Å². The van der Waals surface area contributed by atoms with Crippen molar-refractivity contribution in [3.8, 4) is 0 Å². The Labute approximate surface area is 179 Å². The van der Waals surface area contributed by atoms with Gasteiger partial charge in [-0.1, -0.05) is 58.5 Å². The summed E-state index contributed by atoms with van der Waals surface area (Å²) in [7, 11) is 0. The first-order valence-corrected chi connectivity index (χ1v) is 11.5. The number of allylic oxidation sites excluding steroid dienone is 13. The molecular weight excluding hydrogens is 432 g/mol. The molecule has 0 aromatic carbocycles. The molecule has 0 aromatic rings. The van der Waals surface area contributed by atoms with E-state index >= 15 is 0 Å². The average Bonchev–Trinajstić information content (AvgIpc) is 3.02. The van der Waals surface area contributed by atoms with Gasteiger partial charge in [-0.05, 0) is 66.5 Å². The largest absolute Gasteiger partial charge is 0.485 e. The van der Waals surface area contributed by atoms with Gasteiger partial charge in [-0.2, -0.15) is 0 Å². The fraction of sp³-hybridized carbons (Fsp3) is 0.360. The third-order valence-electron chi connectivity index (χ3n) is 7.05. The molecule has 5 aliphatic carbocycles. The molecule has 0 aromatic heterocycles. The van der Waals surface area contributed by atoms with Crippen LogP contribution in [0, 0.1) is 11.3 Å². The summed E-state index contributed by atoms with van der Waals surface area (Å²) in [6.07, 6.45) is 26.0. The maximum atomic E-state index is 6.94. The molecule has 4 atom stereocenters. The fourth-order valence-corrected chi connectivity index (χ4v) is 6.96. The molecule has 1 saturated heterocycles. The normalized spacial score (nSPS) is 37.6. The predicted octanol–water partition coefficient (Wildman–Crippen LogP) is 6.96. The first-order valence-electron chi connectivity index (χ1n) is 10.3. The molecule has 0 N–H and O–H groups in total. The molecule has 1 fully saturated rings. The Morgan fingerprint density at radius 3 is 2.93 bits per heavy atom. The number of rotatable bonds is 0. The Bertz CT molecular complexity index is 1020. The second-order valence-corrected chi connectivity index (χ2v) is 9.78. The third-order valence-corrected chi connectivity index (χ3v) is 8.17. The van der Waals surface area contributed by atoms with Crippen molar-refractivity contribution < 1.29 is 4.74 Å². The minimum absolute atomic E-state index is 0.0158. The van der Waals surface area contributed by atoms with Crippen LogP contribution in [-0.4, -0.2) is 11.5 Å². The number of halogens is 2. The molecule has 6 aliphatic rings. The monoisotopic (exact) mass is 452 g/mol. The topological polar surface area (TPSA) is 9.23 Å². The summed E-state index contributed by atoms with van der Waals surface area (Å²) in [6, 6.07) is 0. The lowest BCUT2D eigenvalue weighted by atomic mass is 9.56. The Morgan fingerprint density at radius 1 is 1.11 bits per heavy atom. The fourth-order valence-electron chi connectivity index (χ4n) is 6.09. The maximum absolute atomic E-state index is 6.94. The number of ether oxygens (including phenoxy) is 1. The molecule has 0 bridgehead atoms. The zero-order valence-electron chi connectivity index (χ0n) is 15.6. The van der Waals surface area contributed by atoms with E-state index in [0.29, 0.717) is 0 Å². The lowest BCUT2D eigenvalue weighted by Crippen LogP contribution is -2.48. The highest BCUT2D eigenvalue weighted by Gasteiger charge is 2.60. The predicted molar refractivity (Wildman–Crippen MR) is 118 cm³/mol. The van der Waals surface area contributed by atoms with Gasteiger partial charge >= 0.3 is 0 Å². The SMILES string of the molecule is ClC1CC=CC2=C1C1=C(CCC=C1)C21C2=CCCC=C2OC2C(Br)=CC=CC21. The first-order chi connectivity index (χ1) is 13.7. The van der Waals surface area contributed by atoms with Crippen LogP contribution in [-0.2, 0) is 4.74 Å². The highest BCUT2D eigenvalue weighted by atomic mass is 79.9. The molecule has 1 heterocycles. The van der Waals surface area contributed by atoms with Crippen molar-refractivity contribution in [1.29, 1.82) is 0 Å². The van der Waals surface area contributed by atoms with Crippen LogP contribution in [0.4, 0.5) is 0 Å². The summed E-state index contributed by atoms with van der Waals surface area (Å²) in [4.78, 5) is 0. The van der Waals surface area contributed by atoms with Gasteiger partial charge < -0.3 is 4.74 Å². The van der Waals surface area contributed by atoms with Crippen molar-refractivity contribution in [2.45, 2.75) is 43.6 Å². The third kappa shape index (κ3) is 2.09. The first kappa shape index (κ1) is 17.4. The molecule has 0 saturated carbocycles. The van der Waals surface area contributed by atoms with Gasteiger partial charge in [0, 0.05) is 16.0 Å². The number of alkyl halides is 1. The molecule has 6 rings (SSSR count). The van der Waals surface area contributed by atoms with Crippen molar-refractivity contribution in [2.24, 2.45) is 11.3 Å². The Kier molecular flexibility index (Phi) is 3.87. The highest BCUT2D eigenvalue weighted by molar-refractivity contribution is 9.11. The van der Waals surface area contributed by atoms with Crippen LogP contribution in [0.15, 0.2) is 92.8 Å². The standard InChI is InChI=1S/C25H22BrClO/c26-20-12-5-11-19-24(20)28-22-14-4-3-9-17(22)25(19)16-8-2-1-7-15(16)23-18(25)10-6-13-21(23)27/h1,5-7,9-12,14,19,21,24H,2-4,8,13H2. The highest BCUT2D eigenvalue weighted by Crippen LogP contribution is 2.67. The van der Waals surface area contributed by atoms with Crippen LogP contribution in [0.25, 0.3) is 0 Å². The minimum atomic E-state index is -0.154. The summed E-state index contributed by atoms with van der Waals surface area (Å²) in [5, 5.41) is 0.0524. The molecule has 1 aliphatic heterocycles. The van der Waals surface area contributed by atoms with E-state index in [1.54, 1.807) is 5.57 Å². The van der Waals surface area contributed by atoms with Crippen molar-refractivity contribution in [1.82, 2.24) is 0 Å². The molecule has 28 heavy (non-hydrogen) atoms. The van der Waals surface area contributed by atoms with Crippen molar-refractivity contribution in [2.75, 3.05) is 0 Å². The van der Waals surface area contributed by atoms with Gasteiger partial charge in [0.15, 0.2) is 0 Å². The molecular formula is C25H22BrClO. The lowest BCUT2D eigenvalue weighted by Gasteiger charge is -2.52.